The molecule has 5 rings (SSSR count). The van der Waals surface area contributed by atoms with Gasteiger partial charge in [-0.1, -0.05) is 49.4 Å². The molecule has 0 aromatic heterocycles. The first-order chi connectivity index (χ1) is 14.6. The number of benzene rings is 3. The van der Waals surface area contributed by atoms with Crippen molar-refractivity contribution in [1.82, 2.24) is 5.01 Å². The normalized spacial score (nSPS) is 19.5. The van der Waals surface area contributed by atoms with Gasteiger partial charge in [-0.3, -0.25) is 10.1 Å². The second kappa shape index (κ2) is 7.30. The van der Waals surface area contributed by atoms with Gasteiger partial charge in [-0.05, 0) is 35.7 Å². The number of para-hydroxylation sites is 1. The van der Waals surface area contributed by atoms with Crippen molar-refractivity contribution < 1.29 is 9.66 Å². The molecular weight excluding hydrogens is 378 g/mol. The van der Waals surface area contributed by atoms with Gasteiger partial charge in [-0.2, -0.15) is 5.10 Å². The molecule has 0 radical (unpaired) electrons. The van der Waals surface area contributed by atoms with Crippen LogP contribution in [0.25, 0.3) is 0 Å². The maximum atomic E-state index is 11.0. The number of hydrogen-bond acceptors (Lipinski definition) is 5. The van der Waals surface area contributed by atoms with Gasteiger partial charge in [0.2, 0.25) is 6.23 Å². The predicted molar refractivity (Wildman–Crippen MR) is 114 cm³/mol. The summed E-state index contributed by atoms with van der Waals surface area (Å²) in [5.74, 6) is 0.833. The third kappa shape index (κ3) is 3.10. The van der Waals surface area contributed by atoms with Crippen molar-refractivity contribution in [2.75, 3.05) is 0 Å². The first-order valence-electron chi connectivity index (χ1n) is 10.1. The molecule has 0 N–H and O–H groups in total. The van der Waals surface area contributed by atoms with E-state index in [9.17, 15) is 10.1 Å². The number of nitro groups is 1. The maximum Gasteiger partial charge on any atom is 0.269 e. The number of nitrogens with zero attached hydrogens (tertiary/aromatic N) is 3. The monoisotopic (exact) mass is 399 g/mol. The number of rotatable bonds is 4. The van der Waals surface area contributed by atoms with Crippen molar-refractivity contribution in [3.05, 3.63) is 105 Å². The van der Waals surface area contributed by atoms with Gasteiger partial charge in [0.05, 0.1) is 16.7 Å². The van der Waals surface area contributed by atoms with E-state index in [2.05, 4.69) is 37.3 Å². The number of hydrogen-bond donors (Lipinski definition) is 0. The highest BCUT2D eigenvalue weighted by Gasteiger charge is 2.40. The minimum Gasteiger partial charge on any atom is -0.464 e. The molecule has 30 heavy (non-hydrogen) atoms. The molecule has 2 heterocycles. The number of fused-ring (bicyclic) bond motifs is 3. The Morgan fingerprint density at radius 1 is 1.07 bits per heavy atom. The fourth-order valence-electron chi connectivity index (χ4n) is 4.12. The highest BCUT2D eigenvalue weighted by molar-refractivity contribution is 6.02. The van der Waals surface area contributed by atoms with Crippen LogP contribution in [0.2, 0.25) is 0 Å². The van der Waals surface area contributed by atoms with Crippen LogP contribution in [-0.2, 0) is 6.42 Å². The Hall–Kier alpha value is -3.67. The van der Waals surface area contributed by atoms with Crippen LogP contribution < -0.4 is 4.74 Å². The molecule has 0 amide bonds. The van der Waals surface area contributed by atoms with E-state index in [-0.39, 0.29) is 11.7 Å². The number of aryl methyl sites for hydroxylation is 1. The quantitative estimate of drug-likeness (QED) is 0.435. The Morgan fingerprint density at radius 3 is 2.50 bits per heavy atom. The molecule has 2 aliphatic heterocycles. The van der Waals surface area contributed by atoms with E-state index >= 15 is 0 Å². The van der Waals surface area contributed by atoms with Crippen LogP contribution in [0.4, 0.5) is 5.69 Å². The molecule has 3 aromatic carbocycles. The van der Waals surface area contributed by atoms with Crippen molar-refractivity contribution in [3.8, 4) is 5.75 Å². The number of ether oxygens (including phenoxy) is 1. The molecule has 0 spiro atoms. The summed E-state index contributed by atoms with van der Waals surface area (Å²) in [4.78, 5) is 10.6. The van der Waals surface area contributed by atoms with Gasteiger partial charge in [0, 0.05) is 29.7 Å². The summed E-state index contributed by atoms with van der Waals surface area (Å²) in [5.41, 5.74) is 5.45. The second-order valence-electron chi connectivity index (χ2n) is 7.55. The van der Waals surface area contributed by atoms with E-state index in [4.69, 9.17) is 9.84 Å². The van der Waals surface area contributed by atoms with Crippen LogP contribution in [0.5, 0.6) is 5.75 Å². The zero-order valence-electron chi connectivity index (χ0n) is 16.6. The molecule has 6 nitrogen and oxygen atoms in total. The minimum atomic E-state index is -0.432. The van der Waals surface area contributed by atoms with Crippen LogP contribution in [0.15, 0.2) is 77.9 Å². The van der Waals surface area contributed by atoms with Gasteiger partial charge in [0.1, 0.15) is 5.75 Å². The van der Waals surface area contributed by atoms with Crippen molar-refractivity contribution >= 4 is 11.4 Å². The fraction of sp³-hybridized carbons (Fsp3) is 0.208. The maximum absolute atomic E-state index is 11.0. The van der Waals surface area contributed by atoms with Crippen LogP contribution in [0.1, 0.15) is 47.9 Å². The van der Waals surface area contributed by atoms with E-state index in [1.54, 1.807) is 12.1 Å². The molecule has 0 saturated carbocycles. The van der Waals surface area contributed by atoms with Gasteiger partial charge in [0.25, 0.3) is 5.69 Å². The summed E-state index contributed by atoms with van der Waals surface area (Å²) in [6.07, 6.45) is 1.36. The number of non-ortho nitro benzene ring substituents is 1. The molecule has 2 aliphatic rings. The molecule has 6 heteroatoms. The first-order valence-corrected chi connectivity index (χ1v) is 10.1. The summed E-state index contributed by atoms with van der Waals surface area (Å²) in [6.45, 7) is 2.14. The standard InChI is InChI=1S/C24H21N3O3/c1-2-16-7-9-17(10-8-16)21-15-22-20-5-3-4-6-23(20)30-24(26(22)25-21)18-11-13-19(14-12-18)27(28)29/h3-14,22,24H,2,15H2,1H3/t22-,24+/m1/s1. The largest absolute Gasteiger partial charge is 0.464 e. The van der Waals surface area contributed by atoms with Gasteiger partial charge in [-0.25, -0.2) is 5.01 Å². The molecule has 0 unspecified atom stereocenters. The van der Waals surface area contributed by atoms with Gasteiger partial charge >= 0.3 is 0 Å². The van der Waals surface area contributed by atoms with E-state index < -0.39 is 11.2 Å². The average Bonchev–Trinajstić information content (AvgIpc) is 3.24. The molecular formula is C24H21N3O3. The minimum absolute atomic E-state index is 0.0631. The van der Waals surface area contributed by atoms with Crippen LogP contribution >= 0.6 is 0 Å². The molecule has 150 valence electrons. The van der Waals surface area contributed by atoms with Crippen molar-refractivity contribution in [2.24, 2.45) is 5.10 Å². The highest BCUT2D eigenvalue weighted by Crippen LogP contribution is 2.47. The average molecular weight is 399 g/mol. The van der Waals surface area contributed by atoms with Crippen LogP contribution in [0, 0.1) is 10.1 Å². The van der Waals surface area contributed by atoms with Crippen molar-refractivity contribution in [1.29, 1.82) is 0 Å². The Morgan fingerprint density at radius 2 is 1.80 bits per heavy atom. The number of nitro benzene ring substituents is 1. The molecule has 0 saturated heterocycles. The fourth-order valence-corrected chi connectivity index (χ4v) is 4.12. The molecule has 0 aliphatic carbocycles. The summed E-state index contributed by atoms with van der Waals surface area (Å²) >= 11 is 0. The van der Waals surface area contributed by atoms with Gasteiger partial charge < -0.3 is 4.74 Å². The van der Waals surface area contributed by atoms with Crippen molar-refractivity contribution in [3.63, 3.8) is 0 Å². The third-order valence-electron chi connectivity index (χ3n) is 5.78. The van der Waals surface area contributed by atoms with Gasteiger partial charge in [0.15, 0.2) is 0 Å². The lowest BCUT2D eigenvalue weighted by Crippen LogP contribution is -2.33. The first kappa shape index (κ1) is 18.4. The summed E-state index contributed by atoms with van der Waals surface area (Å²) in [7, 11) is 0. The second-order valence-corrected chi connectivity index (χ2v) is 7.55. The Balaban J connectivity index is 1.54. The number of hydrazone groups is 1. The Bertz CT molecular complexity index is 1120. The topological polar surface area (TPSA) is 68.0 Å². The predicted octanol–water partition coefficient (Wildman–Crippen LogP) is 5.40. The van der Waals surface area contributed by atoms with Crippen LogP contribution in [0.3, 0.4) is 0 Å². The van der Waals surface area contributed by atoms with Gasteiger partial charge in [-0.15, -0.1) is 0 Å². The lowest BCUT2D eigenvalue weighted by molar-refractivity contribution is -0.384. The SMILES string of the molecule is CCc1ccc(C2=NN3[C@H](C2)c2ccccc2O[C@H]3c2ccc([N+](=O)[O-])cc2)cc1. The third-order valence-corrected chi connectivity index (χ3v) is 5.78. The zero-order chi connectivity index (χ0) is 20.7. The lowest BCUT2D eigenvalue weighted by Gasteiger charge is -2.38. The van der Waals surface area contributed by atoms with E-state index in [1.165, 1.54) is 17.7 Å². The summed E-state index contributed by atoms with van der Waals surface area (Å²) in [5, 5.41) is 18.0. The Labute approximate surface area is 174 Å². The summed E-state index contributed by atoms with van der Waals surface area (Å²) in [6, 6.07) is 23.2. The van der Waals surface area contributed by atoms with E-state index in [1.807, 2.05) is 23.2 Å². The lowest BCUT2D eigenvalue weighted by atomic mass is 9.95. The zero-order valence-corrected chi connectivity index (χ0v) is 16.6. The molecule has 3 aromatic rings. The van der Waals surface area contributed by atoms with E-state index in [0.717, 1.165) is 41.0 Å². The smallest absolute Gasteiger partial charge is 0.269 e. The summed E-state index contributed by atoms with van der Waals surface area (Å²) < 4.78 is 6.30. The molecule has 0 fully saturated rings. The van der Waals surface area contributed by atoms with E-state index in [0.29, 0.717) is 0 Å². The van der Waals surface area contributed by atoms with Crippen LogP contribution in [-0.4, -0.2) is 15.6 Å². The van der Waals surface area contributed by atoms with Crippen molar-refractivity contribution in [2.45, 2.75) is 32.0 Å². The molecule has 0 bridgehead atoms. The highest BCUT2D eigenvalue weighted by atomic mass is 16.6. The Kier molecular flexibility index (Phi) is 4.47. The molecule has 2 atom stereocenters.